The van der Waals surface area contributed by atoms with Gasteiger partial charge >= 0.3 is 0 Å². The Hall–Kier alpha value is -1.55. The van der Waals surface area contributed by atoms with Crippen molar-refractivity contribution >= 4 is 11.6 Å². The van der Waals surface area contributed by atoms with E-state index in [1.165, 1.54) is 12.8 Å². The quantitative estimate of drug-likeness (QED) is 0.872. The lowest BCUT2D eigenvalue weighted by Crippen LogP contribution is -2.39. The van der Waals surface area contributed by atoms with Gasteiger partial charge in [-0.3, -0.25) is 4.79 Å². The summed E-state index contributed by atoms with van der Waals surface area (Å²) in [4.78, 5) is 14.9. The van der Waals surface area contributed by atoms with Crippen molar-refractivity contribution in [2.75, 3.05) is 25.5 Å². The van der Waals surface area contributed by atoms with Gasteiger partial charge in [0.1, 0.15) is 0 Å². The SMILES string of the molecule is CC1CC(C(=O)NCCN(C)C2CC2)c2ccccc2N1. The van der Waals surface area contributed by atoms with Crippen LogP contribution < -0.4 is 10.6 Å². The highest BCUT2D eigenvalue weighted by Gasteiger charge is 2.30. The molecule has 2 atom stereocenters. The molecule has 2 N–H and O–H groups in total. The van der Waals surface area contributed by atoms with Gasteiger partial charge in [0.25, 0.3) is 0 Å². The highest BCUT2D eigenvalue weighted by Crippen LogP contribution is 2.34. The first kappa shape index (κ1) is 14.4. The summed E-state index contributed by atoms with van der Waals surface area (Å²) in [7, 11) is 2.14. The fourth-order valence-electron chi connectivity index (χ4n) is 3.16. The van der Waals surface area contributed by atoms with Crippen molar-refractivity contribution in [2.45, 2.75) is 44.2 Å². The number of anilines is 1. The standard InChI is InChI=1S/C17H25N3O/c1-12-11-15(14-5-3-4-6-16(14)19-12)17(21)18-9-10-20(2)13-7-8-13/h3-6,12-13,15,19H,7-11H2,1-2H3,(H,18,21). The lowest BCUT2D eigenvalue weighted by Gasteiger charge is -2.30. The number of nitrogens with zero attached hydrogens (tertiary/aromatic N) is 1. The molecule has 1 aromatic rings. The van der Waals surface area contributed by atoms with Gasteiger partial charge in [-0.2, -0.15) is 0 Å². The average Bonchev–Trinajstić information content (AvgIpc) is 3.30. The summed E-state index contributed by atoms with van der Waals surface area (Å²) >= 11 is 0. The molecule has 114 valence electrons. The molecule has 21 heavy (non-hydrogen) atoms. The molecule has 1 aliphatic heterocycles. The number of para-hydroxylation sites is 1. The first-order valence-corrected chi connectivity index (χ1v) is 7.98. The normalized spacial score (nSPS) is 24.3. The van der Waals surface area contributed by atoms with Crippen LogP contribution in [0, 0.1) is 0 Å². The van der Waals surface area contributed by atoms with Gasteiger partial charge in [-0.1, -0.05) is 18.2 Å². The lowest BCUT2D eigenvalue weighted by molar-refractivity contribution is -0.122. The Morgan fingerprint density at radius 2 is 2.14 bits per heavy atom. The summed E-state index contributed by atoms with van der Waals surface area (Å²) in [5, 5.41) is 6.57. The summed E-state index contributed by atoms with van der Waals surface area (Å²) in [5.74, 6) is 0.142. The van der Waals surface area contributed by atoms with Crippen LogP contribution in [-0.4, -0.2) is 43.0 Å². The number of carbonyl (C=O) groups is 1. The van der Waals surface area contributed by atoms with Crippen LogP contribution >= 0.6 is 0 Å². The molecule has 0 spiro atoms. The van der Waals surface area contributed by atoms with E-state index >= 15 is 0 Å². The van der Waals surface area contributed by atoms with Crippen molar-refractivity contribution in [2.24, 2.45) is 0 Å². The number of likely N-dealkylation sites (N-methyl/N-ethyl adjacent to an activating group) is 1. The molecular weight excluding hydrogens is 262 g/mol. The van der Waals surface area contributed by atoms with E-state index in [0.717, 1.165) is 36.8 Å². The molecule has 4 heteroatoms. The van der Waals surface area contributed by atoms with Crippen LogP contribution in [0.3, 0.4) is 0 Å². The number of carbonyl (C=O) groups excluding carboxylic acids is 1. The fourth-order valence-corrected chi connectivity index (χ4v) is 3.16. The van der Waals surface area contributed by atoms with Crippen LogP contribution in [0.5, 0.6) is 0 Å². The van der Waals surface area contributed by atoms with E-state index in [4.69, 9.17) is 0 Å². The molecule has 3 rings (SSSR count). The second-order valence-electron chi connectivity index (χ2n) is 6.42. The van der Waals surface area contributed by atoms with Crippen LogP contribution in [0.4, 0.5) is 5.69 Å². The first-order valence-electron chi connectivity index (χ1n) is 7.98. The number of benzene rings is 1. The highest BCUT2D eigenvalue weighted by atomic mass is 16.1. The number of fused-ring (bicyclic) bond motifs is 1. The largest absolute Gasteiger partial charge is 0.382 e. The van der Waals surface area contributed by atoms with Crippen molar-refractivity contribution < 1.29 is 4.79 Å². The number of nitrogens with one attached hydrogen (secondary N) is 2. The fraction of sp³-hybridized carbons (Fsp3) is 0.588. The van der Waals surface area contributed by atoms with Gasteiger partial charge in [0, 0.05) is 30.9 Å². The van der Waals surface area contributed by atoms with Crippen molar-refractivity contribution in [1.29, 1.82) is 0 Å². The predicted octanol–water partition coefficient (Wildman–Crippen LogP) is 2.18. The molecular formula is C17H25N3O. The molecule has 1 aliphatic carbocycles. The van der Waals surface area contributed by atoms with E-state index in [1.807, 2.05) is 12.1 Å². The number of amides is 1. The number of hydrogen-bond acceptors (Lipinski definition) is 3. The van der Waals surface area contributed by atoms with Gasteiger partial charge in [-0.25, -0.2) is 0 Å². The van der Waals surface area contributed by atoms with Crippen LogP contribution in [0.25, 0.3) is 0 Å². The van der Waals surface area contributed by atoms with E-state index in [-0.39, 0.29) is 11.8 Å². The minimum absolute atomic E-state index is 0.0244. The third-order valence-corrected chi connectivity index (χ3v) is 4.58. The Labute approximate surface area is 126 Å². The minimum atomic E-state index is -0.0244. The molecule has 0 radical (unpaired) electrons. The molecule has 1 aromatic carbocycles. The van der Waals surface area contributed by atoms with Crippen molar-refractivity contribution in [1.82, 2.24) is 10.2 Å². The van der Waals surface area contributed by atoms with Gasteiger partial charge in [0.2, 0.25) is 5.91 Å². The molecule has 2 aliphatic rings. The molecule has 1 heterocycles. The maximum atomic E-state index is 12.5. The molecule has 1 amide bonds. The lowest BCUT2D eigenvalue weighted by atomic mass is 9.87. The molecule has 0 bridgehead atoms. The van der Waals surface area contributed by atoms with Gasteiger partial charge in [-0.15, -0.1) is 0 Å². The Balaban J connectivity index is 1.59. The van der Waals surface area contributed by atoms with Crippen LogP contribution in [0.1, 0.15) is 37.7 Å². The number of hydrogen-bond donors (Lipinski definition) is 2. The maximum Gasteiger partial charge on any atom is 0.227 e. The zero-order chi connectivity index (χ0) is 14.8. The zero-order valence-electron chi connectivity index (χ0n) is 12.9. The average molecular weight is 287 g/mol. The monoisotopic (exact) mass is 287 g/mol. The van der Waals surface area contributed by atoms with Crippen molar-refractivity contribution in [3.05, 3.63) is 29.8 Å². The van der Waals surface area contributed by atoms with Gasteiger partial charge < -0.3 is 15.5 Å². The van der Waals surface area contributed by atoms with Crippen LogP contribution in [0.2, 0.25) is 0 Å². The van der Waals surface area contributed by atoms with Gasteiger partial charge in [0.05, 0.1) is 5.92 Å². The second kappa shape index (κ2) is 6.06. The maximum absolute atomic E-state index is 12.5. The van der Waals surface area contributed by atoms with Gasteiger partial charge in [-0.05, 0) is 44.9 Å². The number of rotatable bonds is 5. The summed E-state index contributed by atoms with van der Waals surface area (Å²) in [6, 6.07) is 9.24. The Kier molecular flexibility index (Phi) is 4.15. The summed E-state index contributed by atoms with van der Waals surface area (Å²) in [6.07, 6.45) is 3.48. The molecule has 0 aromatic heterocycles. The van der Waals surface area contributed by atoms with E-state index in [1.54, 1.807) is 0 Å². The summed E-state index contributed by atoms with van der Waals surface area (Å²) in [6.45, 7) is 3.82. The minimum Gasteiger partial charge on any atom is -0.382 e. The van der Waals surface area contributed by atoms with Crippen LogP contribution in [0.15, 0.2) is 24.3 Å². The smallest absolute Gasteiger partial charge is 0.227 e. The molecule has 0 saturated heterocycles. The zero-order valence-corrected chi connectivity index (χ0v) is 12.9. The topological polar surface area (TPSA) is 44.4 Å². The third kappa shape index (κ3) is 3.38. The Morgan fingerprint density at radius 3 is 2.90 bits per heavy atom. The summed E-state index contributed by atoms with van der Waals surface area (Å²) in [5.41, 5.74) is 2.23. The van der Waals surface area contributed by atoms with E-state index in [2.05, 4.69) is 41.6 Å². The summed E-state index contributed by atoms with van der Waals surface area (Å²) < 4.78 is 0. The van der Waals surface area contributed by atoms with Crippen molar-refractivity contribution in [3.63, 3.8) is 0 Å². The predicted molar refractivity (Wildman–Crippen MR) is 85.5 cm³/mol. The first-order chi connectivity index (χ1) is 10.1. The van der Waals surface area contributed by atoms with Gasteiger partial charge in [0.15, 0.2) is 0 Å². The van der Waals surface area contributed by atoms with E-state index in [9.17, 15) is 4.79 Å². The Morgan fingerprint density at radius 1 is 1.38 bits per heavy atom. The van der Waals surface area contributed by atoms with Crippen LogP contribution in [-0.2, 0) is 4.79 Å². The van der Waals surface area contributed by atoms with Crippen molar-refractivity contribution in [3.8, 4) is 0 Å². The third-order valence-electron chi connectivity index (χ3n) is 4.58. The highest BCUT2D eigenvalue weighted by molar-refractivity contribution is 5.86. The van der Waals surface area contributed by atoms with E-state index in [0.29, 0.717) is 6.04 Å². The molecule has 1 fully saturated rings. The molecule has 1 saturated carbocycles. The second-order valence-corrected chi connectivity index (χ2v) is 6.42. The Bertz CT molecular complexity index is 513. The van der Waals surface area contributed by atoms with E-state index < -0.39 is 0 Å². The molecule has 4 nitrogen and oxygen atoms in total. The molecule has 2 unspecified atom stereocenters.